The van der Waals surface area contributed by atoms with E-state index in [2.05, 4.69) is 44.3 Å². The number of aryl methyl sites for hydroxylation is 1. The van der Waals surface area contributed by atoms with E-state index in [1.165, 1.54) is 31.8 Å². The van der Waals surface area contributed by atoms with Crippen molar-refractivity contribution in [2.75, 3.05) is 0 Å². The van der Waals surface area contributed by atoms with Crippen LogP contribution in [0.4, 0.5) is 0 Å². The third kappa shape index (κ3) is 5.47. The first-order chi connectivity index (χ1) is 12.2. The van der Waals surface area contributed by atoms with Crippen LogP contribution in [0.5, 0.6) is 0 Å². The van der Waals surface area contributed by atoms with Gasteiger partial charge in [0, 0.05) is 0 Å². The average Bonchev–Trinajstić information content (AvgIpc) is 3.27. The van der Waals surface area contributed by atoms with E-state index in [4.69, 9.17) is 0 Å². The summed E-state index contributed by atoms with van der Waals surface area (Å²) in [7, 11) is 0. The standard InChI is InChI=1S/C17H28N6O2/c1-3-5-6-7-8-9-12(24)10-11-13-15(19-22-18-13)17-16(14(25)4-2)20-23-21-17/h4,12,14,24-25H,2-3,5-11H2,1H3,(H,18,19,22)(H,20,21,23)/t12-,14?/m1/s1. The third-order valence-corrected chi connectivity index (χ3v) is 4.28. The molecule has 2 atom stereocenters. The highest BCUT2D eigenvalue weighted by Gasteiger charge is 2.21. The van der Waals surface area contributed by atoms with Crippen molar-refractivity contribution in [1.29, 1.82) is 0 Å². The van der Waals surface area contributed by atoms with Crippen LogP contribution < -0.4 is 0 Å². The lowest BCUT2D eigenvalue weighted by atomic mass is 10.0. The molecule has 1 unspecified atom stereocenters. The molecule has 4 N–H and O–H groups in total. The highest BCUT2D eigenvalue weighted by atomic mass is 16.3. The second-order valence-corrected chi connectivity index (χ2v) is 6.25. The number of aliphatic hydroxyl groups is 2. The molecule has 0 aliphatic heterocycles. The highest BCUT2D eigenvalue weighted by Crippen LogP contribution is 2.26. The Morgan fingerprint density at radius 3 is 2.44 bits per heavy atom. The quantitative estimate of drug-likeness (QED) is 0.345. The molecule has 0 aromatic carbocycles. The summed E-state index contributed by atoms with van der Waals surface area (Å²) in [6.07, 6.45) is 8.05. The summed E-state index contributed by atoms with van der Waals surface area (Å²) in [4.78, 5) is 0. The minimum absolute atomic E-state index is 0.346. The monoisotopic (exact) mass is 348 g/mol. The molecule has 8 nitrogen and oxygen atoms in total. The van der Waals surface area contributed by atoms with Crippen molar-refractivity contribution < 1.29 is 10.2 Å². The summed E-state index contributed by atoms with van der Waals surface area (Å²) < 4.78 is 0. The van der Waals surface area contributed by atoms with Crippen LogP contribution in [0, 0.1) is 0 Å². The van der Waals surface area contributed by atoms with Crippen LogP contribution >= 0.6 is 0 Å². The molecule has 0 aliphatic carbocycles. The second kappa shape index (κ2) is 10.0. The first kappa shape index (κ1) is 19.3. The van der Waals surface area contributed by atoms with Gasteiger partial charge in [0.2, 0.25) is 0 Å². The Balaban J connectivity index is 1.90. The van der Waals surface area contributed by atoms with Crippen LogP contribution in [-0.4, -0.2) is 47.1 Å². The maximum Gasteiger partial charge on any atom is 0.141 e. The molecule has 8 heteroatoms. The maximum absolute atomic E-state index is 10.2. The molecule has 0 radical (unpaired) electrons. The number of hydrogen-bond acceptors (Lipinski definition) is 6. The van der Waals surface area contributed by atoms with Crippen LogP contribution in [0.3, 0.4) is 0 Å². The van der Waals surface area contributed by atoms with Crippen LogP contribution in [-0.2, 0) is 6.42 Å². The van der Waals surface area contributed by atoms with Crippen molar-refractivity contribution >= 4 is 0 Å². The van der Waals surface area contributed by atoms with E-state index in [1.807, 2.05) is 0 Å². The molecule has 2 aromatic heterocycles. The summed E-state index contributed by atoms with van der Waals surface area (Å²) >= 11 is 0. The fourth-order valence-corrected chi connectivity index (χ4v) is 2.78. The summed E-state index contributed by atoms with van der Waals surface area (Å²) in [5.41, 5.74) is 2.06. The third-order valence-electron chi connectivity index (χ3n) is 4.28. The van der Waals surface area contributed by atoms with Crippen molar-refractivity contribution in [3.63, 3.8) is 0 Å². The van der Waals surface area contributed by atoms with Gasteiger partial charge < -0.3 is 10.2 Å². The Hall–Kier alpha value is -2.06. The Bertz CT molecular complexity index is 639. The molecule has 0 spiro atoms. The minimum Gasteiger partial charge on any atom is -0.393 e. The van der Waals surface area contributed by atoms with Crippen molar-refractivity contribution in [2.45, 2.75) is 70.5 Å². The maximum atomic E-state index is 10.2. The molecule has 2 rings (SSSR count). The molecule has 0 fully saturated rings. The van der Waals surface area contributed by atoms with E-state index in [0.717, 1.165) is 12.8 Å². The molecule has 2 aromatic rings. The lowest BCUT2D eigenvalue weighted by Gasteiger charge is -2.09. The largest absolute Gasteiger partial charge is 0.393 e. The van der Waals surface area contributed by atoms with Crippen molar-refractivity contribution in [3.05, 3.63) is 24.0 Å². The van der Waals surface area contributed by atoms with Gasteiger partial charge in [0.1, 0.15) is 23.2 Å². The fraction of sp³-hybridized carbons (Fsp3) is 0.647. The van der Waals surface area contributed by atoms with Gasteiger partial charge in [0.25, 0.3) is 0 Å². The van der Waals surface area contributed by atoms with Gasteiger partial charge in [0.05, 0.1) is 11.8 Å². The number of nitrogens with zero attached hydrogens (tertiary/aromatic N) is 4. The van der Waals surface area contributed by atoms with Crippen LogP contribution in [0.2, 0.25) is 0 Å². The molecule has 0 saturated heterocycles. The van der Waals surface area contributed by atoms with Crippen molar-refractivity contribution in [2.24, 2.45) is 0 Å². The van der Waals surface area contributed by atoms with E-state index in [-0.39, 0.29) is 6.10 Å². The van der Waals surface area contributed by atoms with Gasteiger partial charge in [-0.05, 0) is 19.3 Å². The predicted molar refractivity (Wildman–Crippen MR) is 94.6 cm³/mol. The highest BCUT2D eigenvalue weighted by molar-refractivity contribution is 5.59. The normalized spacial score (nSPS) is 13.7. The van der Waals surface area contributed by atoms with Gasteiger partial charge in [-0.15, -0.1) is 6.58 Å². The zero-order chi connectivity index (χ0) is 18.1. The Labute approximate surface area is 147 Å². The lowest BCUT2D eigenvalue weighted by Crippen LogP contribution is -2.08. The second-order valence-electron chi connectivity index (χ2n) is 6.25. The molecular weight excluding hydrogens is 320 g/mol. The van der Waals surface area contributed by atoms with E-state index in [1.54, 1.807) is 0 Å². The SMILES string of the molecule is C=CC(O)c1n[nH]nc1-c1n[nH]nc1CC[C@H](O)CCCCCCC. The van der Waals surface area contributed by atoms with Crippen LogP contribution in [0.1, 0.15) is 69.4 Å². The minimum atomic E-state index is -0.924. The van der Waals surface area contributed by atoms with Gasteiger partial charge in [0.15, 0.2) is 0 Å². The summed E-state index contributed by atoms with van der Waals surface area (Å²) in [6, 6.07) is 0. The van der Waals surface area contributed by atoms with Gasteiger partial charge in [-0.1, -0.05) is 45.1 Å². The number of nitrogens with one attached hydrogen (secondary N) is 2. The number of aromatic nitrogens is 6. The molecule has 138 valence electrons. The van der Waals surface area contributed by atoms with E-state index in [9.17, 15) is 10.2 Å². The Kier molecular flexibility index (Phi) is 7.75. The molecule has 0 amide bonds. The van der Waals surface area contributed by atoms with Crippen molar-refractivity contribution in [1.82, 2.24) is 30.8 Å². The van der Waals surface area contributed by atoms with E-state index < -0.39 is 6.10 Å². The predicted octanol–water partition coefficient (Wildman–Crippen LogP) is 2.46. The number of aromatic amines is 2. The lowest BCUT2D eigenvalue weighted by molar-refractivity contribution is 0.151. The number of unbranched alkanes of at least 4 members (excludes halogenated alkanes) is 4. The van der Waals surface area contributed by atoms with E-state index >= 15 is 0 Å². The smallest absolute Gasteiger partial charge is 0.141 e. The number of H-pyrrole nitrogens is 2. The zero-order valence-electron chi connectivity index (χ0n) is 14.8. The molecule has 0 bridgehead atoms. The van der Waals surface area contributed by atoms with E-state index in [0.29, 0.717) is 35.6 Å². The van der Waals surface area contributed by atoms with Gasteiger partial charge in [-0.3, -0.25) is 0 Å². The number of aliphatic hydroxyl groups excluding tert-OH is 2. The zero-order valence-corrected chi connectivity index (χ0v) is 14.8. The van der Waals surface area contributed by atoms with Crippen LogP contribution in [0.25, 0.3) is 11.4 Å². The molecule has 0 aliphatic rings. The number of hydrogen-bond donors (Lipinski definition) is 4. The average molecular weight is 348 g/mol. The summed E-state index contributed by atoms with van der Waals surface area (Å²) in [5.74, 6) is 0. The summed E-state index contributed by atoms with van der Waals surface area (Å²) in [6.45, 7) is 5.75. The molecule has 25 heavy (non-hydrogen) atoms. The van der Waals surface area contributed by atoms with Gasteiger partial charge in [-0.25, -0.2) is 0 Å². The first-order valence-electron chi connectivity index (χ1n) is 8.96. The van der Waals surface area contributed by atoms with Crippen LogP contribution in [0.15, 0.2) is 12.7 Å². The molecular formula is C17H28N6O2. The number of rotatable bonds is 12. The fourth-order valence-electron chi connectivity index (χ4n) is 2.78. The van der Waals surface area contributed by atoms with Gasteiger partial charge in [-0.2, -0.15) is 30.8 Å². The molecule has 0 saturated carbocycles. The first-order valence-corrected chi connectivity index (χ1v) is 8.96. The van der Waals surface area contributed by atoms with Gasteiger partial charge >= 0.3 is 0 Å². The van der Waals surface area contributed by atoms with Crippen molar-refractivity contribution in [3.8, 4) is 11.4 Å². The molecule has 2 heterocycles. The Morgan fingerprint density at radius 2 is 1.68 bits per heavy atom. The summed E-state index contributed by atoms with van der Waals surface area (Å²) in [5, 5.41) is 41.5. The Morgan fingerprint density at radius 1 is 0.960 bits per heavy atom. The topological polar surface area (TPSA) is 124 Å².